The van der Waals surface area contributed by atoms with Gasteiger partial charge in [0.1, 0.15) is 0 Å². The van der Waals surface area contributed by atoms with E-state index in [1.807, 2.05) is 23.6 Å². The second kappa shape index (κ2) is 8.80. The highest BCUT2D eigenvalue weighted by atomic mass is 32.1. The van der Waals surface area contributed by atoms with Crippen molar-refractivity contribution in [3.63, 3.8) is 0 Å². The minimum atomic E-state index is 0.237. The Bertz CT molecular complexity index is 818. The molecule has 4 rings (SSSR count). The van der Waals surface area contributed by atoms with Gasteiger partial charge in [0, 0.05) is 55.8 Å². The quantitative estimate of drug-likeness (QED) is 0.659. The second-order valence-electron chi connectivity index (χ2n) is 7.09. The maximum Gasteiger partial charge on any atom is 0.0695 e. The normalized spacial score (nSPS) is 18.8. The molecule has 0 spiro atoms. The zero-order chi connectivity index (χ0) is 18.5. The molecule has 1 aromatic carbocycles. The van der Waals surface area contributed by atoms with E-state index in [0.29, 0.717) is 6.04 Å². The Morgan fingerprint density at radius 2 is 2.00 bits per heavy atom. The minimum absolute atomic E-state index is 0.237. The van der Waals surface area contributed by atoms with Crippen molar-refractivity contribution in [2.24, 2.45) is 0 Å². The predicted molar refractivity (Wildman–Crippen MR) is 110 cm³/mol. The standard InChI is InChI=1S/C21H26N4OS/c26-11-8-19-15-24(9-10-25(19)16-20-7-4-12-27-20)14-18-13-22-23-21(18)17-5-2-1-3-6-17/h1-7,12-13,19,26H,8-11,14-16H2,(H,22,23)/t19-/m0/s1. The summed E-state index contributed by atoms with van der Waals surface area (Å²) in [5, 5.41) is 19.1. The first kappa shape index (κ1) is 18.4. The summed E-state index contributed by atoms with van der Waals surface area (Å²) in [5.74, 6) is 0. The molecule has 0 saturated carbocycles. The topological polar surface area (TPSA) is 55.4 Å². The van der Waals surface area contributed by atoms with E-state index in [1.165, 1.54) is 16.0 Å². The first-order chi connectivity index (χ1) is 13.3. The third-order valence-electron chi connectivity index (χ3n) is 5.26. The number of hydrogen-bond donors (Lipinski definition) is 2. The zero-order valence-corrected chi connectivity index (χ0v) is 16.2. The van der Waals surface area contributed by atoms with Crippen molar-refractivity contribution in [2.75, 3.05) is 26.2 Å². The van der Waals surface area contributed by atoms with Crippen molar-refractivity contribution in [3.8, 4) is 11.3 Å². The van der Waals surface area contributed by atoms with Crippen molar-refractivity contribution in [3.05, 3.63) is 64.5 Å². The number of rotatable bonds is 7. The van der Waals surface area contributed by atoms with Gasteiger partial charge in [-0.05, 0) is 23.4 Å². The fraction of sp³-hybridized carbons (Fsp3) is 0.381. The lowest BCUT2D eigenvalue weighted by Crippen LogP contribution is -2.52. The van der Waals surface area contributed by atoms with Gasteiger partial charge in [-0.2, -0.15) is 5.10 Å². The summed E-state index contributed by atoms with van der Waals surface area (Å²) in [6.07, 6.45) is 2.76. The second-order valence-corrected chi connectivity index (χ2v) is 8.12. The van der Waals surface area contributed by atoms with E-state index in [2.05, 4.69) is 61.8 Å². The van der Waals surface area contributed by atoms with Crippen molar-refractivity contribution in [1.29, 1.82) is 0 Å². The maximum absolute atomic E-state index is 9.54. The number of aliphatic hydroxyl groups is 1. The average Bonchev–Trinajstić information content (AvgIpc) is 3.37. The number of nitrogens with one attached hydrogen (secondary N) is 1. The first-order valence-electron chi connectivity index (χ1n) is 9.51. The Morgan fingerprint density at radius 1 is 1.11 bits per heavy atom. The Hall–Kier alpha value is -1.99. The van der Waals surface area contributed by atoms with E-state index in [-0.39, 0.29) is 6.61 Å². The molecule has 2 aromatic heterocycles. The molecule has 3 heterocycles. The van der Waals surface area contributed by atoms with Crippen LogP contribution in [-0.2, 0) is 13.1 Å². The first-order valence-corrected chi connectivity index (χ1v) is 10.4. The molecule has 1 saturated heterocycles. The number of piperazine rings is 1. The summed E-state index contributed by atoms with van der Waals surface area (Å²) in [6, 6.07) is 15.1. The van der Waals surface area contributed by atoms with E-state index in [1.54, 1.807) is 0 Å². The molecule has 0 aliphatic carbocycles. The van der Waals surface area contributed by atoms with Crippen LogP contribution in [0.4, 0.5) is 0 Å². The van der Waals surface area contributed by atoms with Gasteiger partial charge in [0.05, 0.1) is 11.9 Å². The van der Waals surface area contributed by atoms with Crippen molar-refractivity contribution in [1.82, 2.24) is 20.0 Å². The molecule has 5 nitrogen and oxygen atoms in total. The van der Waals surface area contributed by atoms with Gasteiger partial charge >= 0.3 is 0 Å². The van der Waals surface area contributed by atoms with Crippen LogP contribution in [-0.4, -0.2) is 57.4 Å². The highest BCUT2D eigenvalue weighted by Gasteiger charge is 2.27. The van der Waals surface area contributed by atoms with E-state index in [9.17, 15) is 5.11 Å². The molecule has 27 heavy (non-hydrogen) atoms. The number of benzene rings is 1. The summed E-state index contributed by atoms with van der Waals surface area (Å²) >= 11 is 1.81. The van der Waals surface area contributed by atoms with Gasteiger partial charge in [0.25, 0.3) is 0 Å². The minimum Gasteiger partial charge on any atom is -0.396 e. The van der Waals surface area contributed by atoms with Crippen LogP contribution in [0.15, 0.2) is 54.0 Å². The smallest absolute Gasteiger partial charge is 0.0695 e. The lowest BCUT2D eigenvalue weighted by atomic mass is 10.1. The van der Waals surface area contributed by atoms with Crippen molar-refractivity contribution >= 4 is 11.3 Å². The monoisotopic (exact) mass is 382 g/mol. The Balaban J connectivity index is 1.43. The summed E-state index contributed by atoms with van der Waals surface area (Å²) < 4.78 is 0. The summed E-state index contributed by atoms with van der Waals surface area (Å²) in [5.41, 5.74) is 3.51. The SMILES string of the molecule is OCC[C@H]1CN(Cc2cn[nH]c2-c2ccccc2)CCN1Cc1cccs1. The van der Waals surface area contributed by atoms with Crippen LogP contribution in [0.1, 0.15) is 16.9 Å². The molecule has 1 aliphatic heterocycles. The Labute approximate surface area is 164 Å². The number of nitrogens with zero attached hydrogens (tertiary/aromatic N) is 3. The molecular weight excluding hydrogens is 356 g/mol. The number of aromatic nitrogens is 2. The summed E-state index contributed by atoms with van der Waals surface area (Å²) in [6.45, 7) is 5.15. The molecular formula is C21H26N4OS. The number of thiophene rings is 1. The number of aliphatic hydroxyl groups excluding tert-OH is 1. The van der Waals surface area contributed by atoms with Crippen LogP contribution in [0.25, 0.3) is 11.3 Å². The summed E-state index contributed by atoms with van der Waals surface area (Å²) in [7, 11) is 0. The molecule has 6 heteroatoms. The number of hydrogen-bond acceptors (Lipinski definition) is 5. The zero-order valence-electron chi connectivity index (χ0n) is 15.4. The van der Waals surface area contributed by atoms with Crippen LogP contribution in [0, 0.1) is 0 Å². The van der Waals surface area contributed by atoms with Gasteiger partial charge in [0.15, 0.2) is 0 Å². The fourth-order valence-electron chi connectivity index (χ4n) is 3.86. The van der Waals surface area contributed by atoms with E-state index < -0.39 is 0 Å². The van der Waals surface area contributed by atoms with Crippen molar-refractivity contribution in [2.45, 2.75) is 25.6 Å². The molecule has 1 fully saturated rings. The van der Waals surface area contributed by atoms with E-state index in [4.69, 9.17) is 0 Å². The lowest BCUT2D eigenvalue weighted by Gasteiger charge is -2.41. The molecule has 1 atom stereocenters. The van der Waals surface area contributed by atoms with Gasteiger partial charge in [0.2, 0.25) is 0 Å². The van der Waals surface area contributed by atoms with Gasteiger partial charge in [-0.3, -0.25) is 14.9 Å². The van der Waals surface area contributed by atoms with Gasteiger partial charge in [-0.25, -0.2) is 0 Å². The average molecular weight is 383 g/mol. The molecule has 3 aromatic rings. The summed E-state index contributed by atoms with van der Waals surface area (Å²) in [4.78, 5) is 6.40. The number of aromatic amines is 1. The van der Waals surface area contributed by atoms with Crippen molar-refractivity contribution < 1.29 is 5.11 Å². The third-order valence-corrected chi connectivity index (χ3v) is 6.13. The highest BCUT2D eigenvalue weighted by Crippen LogP contribution is 2.24. The number of H-pyrrole nitrogens is 1. The van der Waals surface area contributed by atoms with Crippen LogP contribution in [0.2, 0.25) is 0 Å². The molecule has 2 N–H and O–H groups in total. The van der Waals surface area contributed by atoms with Gasteiger partial charge in [-0.1, -0.05) is 36.4 Å². The van der Waals surface area contributed by atoms with E-state index >= 15 is 0 Å². The maximum atomic E-state index is 9.54. The van der Waals surface area contributed by atoms with Crippen LogP contribution < -0.4 is 0 Å². The fourth-order valence-corrected chi connectivity index (χ4v) is 4.59. The molecule has 0 bridgehead atoms. The van der Waals surface area contributed by atoms with E-state index in [0.717, 1.165) is 44.8 Å². The molecule has 142 valence electrons. The van der Waals surface area contributed by atoms with Crippen LogP contribution in [0.5, 0.6) is 0 Å². The molecule has 0 amide bonds. The molecule has 0 radical (unpaired) electrons. The predicted octanol–water partition coefficient (Wildman–Crippen LogP) is 3.21. The van der Waals surface area contributed by atoms with Gasteiger partial charge in [-0.15, -0.1) is 11.3 Å². The highest BCUT2D eigenvalue weighted by molar-refractivity contribution is 7.09. The third kappa shape index (κ3) is 4.47. The largest absolute Gasteiger partial charge is 0.396 e. The van der Waals surface area contributed by atoms with Gasteiger partial charge < -0.3 is 5.11 Å². The molecule has 1 aliphatic rings. The van der Waals surface area contributed by atoms with Crippen LogP contribution in [0.3, 0.4) is 0 Å². The Morgan fingerprint density at radius 3 is 2.78 bits per heavy atom. The molecule has 0 unspecified atom stereocenters. The lowest BCUT2D eigenvalue weighted by molar-refractivity contribution is 0.0507. The van der Waals surface area contributed by atoms with Crippen LogP contribution >= 0.6 is 11.3 Å². The Kier molecular flexibility index (Phi) is 5.99.